The highest BCUT2D eigenvalue weighted by molar-refractivity contribution is 6.11. The van der Waals surface area contributed by atoms with Crippen molar-refractivity contribution in [1.29, 1.82) is 0 Å². The molecule has 0 unspecified atom stereocenters. The summed E-state index contributed by atoms with van der Waals surface area (Å²) < 4.78 is 48.7. The first-order valence-corrected chi connectivity index (χ1v) is 11.2. The van der Waals surface area contributed by atoms with Crippen molar-refractivity contribution in [2.75, 3.05) is 0 Å². The van der Waals surface area contributed by atoms with Crippen LogP contribution >= 0.6 is 0 Å². The van der Waals surface area contributed by atoms with E-state index in [-0.39, 0.29) is 6.42 Å². The van der Waals surface area contributed by atoms with E-state index in [4.69, 9.17) is 4.42 Å². The molecule has 3 heterocycles. The number of hydrogen-bond acceptors (Lipinski definition) is 2. The molecule has 0 atom stereocenters. The fourth-order valence-corrected chi connectivity index (χ4v) is 4.66. The van der Waals surface area contributed by atoms with Crippen LogP contribution in [0.15, 0.2) is 59.1 Å². The van der Waals surface area contributed by atoms with Crippen LogP contribution < -0.4 is 4.57 Å². The number of fused-ring (bicyclic) bond motifs is 4. The predicted molar refractivity (Wildman–Crippen MR) is 129 cm³/mol. The molecule has 0 N–H and O–H groups in total. The van der Waals surface area contributed by atoms with Crippen LogP contribution in [-0.2, 0) is 13.5 Å². The van der Waals surface area contributed by atoms with Crippen LogP contribution in [0, 0.1) is 19.3 Å². The Morgan fingerprint density at radius 2 is 1.62 bits per heavy atom. The van der Waals surface area contributed by atoms with Gasteiger partial charge in [-0.1, -0.05) is 38.1 Å². The third-order valence-corrected chi connectivity index (χ3v) is 6.71. The predicted octanol–water partition coefficient (Wildman–Crippen LogP) is 7.37. The molecule has 0 aliphatic carbocycles. The molecule has 0 aliphatic rings. The normalized spacial score (nSPS) is 12.8. The first kappa shape index (κ1) is 22.4. The van der Waals surface area contributed by atoms with Gasteiger partial charge in [0.15, 0.2) is 11.8 Å². The Kier molecular flexibility index (Phi) is 4.97. The number of furan rings is 1. The minimum atomic E-state index is -4.27. The number of nitrogens with zero attached hydrogens (tertiary/aromatic N) is 2. The fourth-order valence-electron chi connectivity index (χ4n) is 4.66. The summed E-state index contributed by atoms with van der Waals surface area (Å²) in [6, 6.07) is 15.7. The molecular weight excluding hydrogens is 437 g/mol. The first-order chi connectivity index (χ1) is 16.0. The quantitative estimate of drug-likeness (QED) is 0.261. The first-order valence-electron chi connectivity index (χ1n) is 11.2. The Labute approximate surface area is 195 Å². The van der Waals surface area contributed by atoms with E-state index in [0.717, 1.165) is 49.6 Å². The summed E-state index contributed by atoms with van der Waals surface area (Å²) in [6.45, 7) is 6.46. The molecule has 6 heteroatoms. The highest BCUT2D eigenvalue weighted by Crippen LogP contribution is 2.42. The van der Waals surface area contributed by atoms with Crippen molar-refractivity contribution in [2.24, 2.45) is 12.5 Å². The van der Waals surface area contributed by atoms with Crippen LogP contribution in [0.2, 0.25) is 0 Å². The van der Waals surface area contributed by atoms with Crippen LogP contribution in [0.5, 0.6) is 0 Å². The summed E-state index contributed by atoms with van der Waals surface area (Å²) in [7, 11) is 1.97. The molecular formula is C28H26F3N2O+. The maximum absolute atomic E-state index is 13.5. The third kappa shape index (κ3) is 3.52. The van der Waals surface area contributed by atoms with E-state index < -0.39 is 11.6 Å². The van der Waals surface area contributed by atoms with E-state index in [0.29, 0.717) is 11.3 Å². The second kappa shape index (κ2) is 7.55. The largest absolute Gasteiger partial charge is 0.437 e. The number of alkyl halides is 3. The Morgan fingerprint density at radius 1 is 0.912 bits per heavy atom. The molecule has 3 aromatic heterocycles. The summed E-state index contributed by atoms with van der Waals surface area (Å²) >= 11 is 0. The molecule has 0 bridgehead atoms. The maximum atomic E-state index is 13.5. The zero-order valence-corrected chi connectivity index (χ0v) is 19.8. The summed E-state index contributed by atoms with van der Waals surface area (Å²) in [5.74, 6) is 0. The average Bonchev–Trinajstić information content (AvgIpc) is 3.11. The minimum absolute atomic E-state index is 0.0774. The Hall–Kier alpha value is -3.41. The van der Waals surface area contributed by atoms with Gasteiger partial charge in [-0.3, -0.25) is 0 Å². The van der Waals surface area contributed by atoms with Gasteiger partial charge in [0.05, 0.1) is 16.4 Å². The number of aromatic nitrogens is 2. The van der Waals surface area contributed by atoms with E-state index in [1.54, 1.807) is 6.07 Å². The van der Waals surface area contributed by atoms with Crippen LogP contribution in [0.4, 0.5) is 13.2 Å². The zero-order valence-electron chi connectivity index (χ0n) is 19.8. The van der Waals surface area contributed by atoms with Crippen LogP contribution in [-0.4, -0.2) is 11.2 Å². The molecule has 0 saturated carbocycles. The van der Waals surface area contributed by atoms with Crippen molar-refractivity contribution in [2.45, 2.75) is 40.3 Å². The van der Waals surface area contributed by atoms with Crippen LogP contribution in [0.1, 0.15) is 30.7 Å². The van der Waals surface area contributed by atoms with Gasteiger partial charge in [0.2, 0.25) is 11.4 Å². The molecule has 174 valence electrons. The van der Waals surface area contributed by atoms with Crippen molar-refractivity contribution in [3.8, 4) is 11.3 Å². The lowest BCUT2D eigenvalue weighted by Crippen LogP contribution is -2.34. The topological polar surface area (TPSA) is 29.9 Å². The molecule has 5 rings (SSSR count). The molecule has 34 heavy (non-hydrogen) atoms. The van der Waals surface area contributed by atoms with Crippen molar-refractivity contribution in [3.63, 3.8) is 0 Å². The van der Waals surface area contributed by atoms with Gasteiger partial charge >= 0.3 is 6.18 Å². The number of hydrogen-bond donors (Lipinski definition) is 0. The Bertz CT molecular complexity index is 1580. The summed E-state index contributed by atoms with van der Waals surface area (Å²) in [6.07, 6.45) is -2.40. The molecule has 2 aromatic carbocycles. The zero-order chi connectivity index (χ0) is 24.4. The maximum Gasteiger partial charge on any atom is 0.394 e. The number of rotatable bonds is 3. The number of benzene rings is 2. The van der Waals surface area contributed by atoms with Gasteiger partial charge in [0.1, 0.15) is 7.05 Å². The highest BCUT2D eigenvalue weighted by atomic mass is 19.4. The van der Waals surface area contributed by atoms with Crippen molar-refractivity contribution in [1.82, 2.24) is 4.98 Å². The molecule has 0 aliphatic heterocycles. The number of aryl methyl sites for hydroxylation is 3. The molecule has 5 aromatic rings. The van der Waals surface area contributed by atoms with Gasteiger partial charge in [0.25, 0.3) is 0 Å². The fraction of sp³-hybridized carbons (Fsp3) is 0.286. The van der Waals surface area contributed by atoms with Gasteiger partial charge in [-0.15, -0.1) is 0 Å². The third-order valence-electron chi connectivity index (χ3n) is 6.71. The second-order valence-corrected chi connectivity index (χ2v) is 9.80. The Balaban J connectivity index is 1.74. The summed E-state index contributed by atoms with van der Waals surface area (Å²) in [4.78, 5) is 4.56. The molecule has 3 nitrogen and oxygen atoms in total. The molecule has 0 spiro atoms. The van der Waals surface area contributed by atoms with Gasteiger partial charge in [0, 0.05) is 22.5 Å². The average molecular weight is 464 g/mol. The molecule has 0 fully saturated rings. The van der Waals surface area contributed by atoms with E-state index >= 15 is 0 Å². The standard InChI is InChI=1S/C28H26F3N2O/c1-16-6-9-21-22-10-7-17(2)32-26(22)34-25(21)23(16)24-20-11-8-18(14-19(20)12-13-33(24)5)15-27(3,4)28(29,30)31/h6-14H,15H2,1-5H3/q+1. The summed E-state index contributed by atoms with van der Waals surface area (Å²) in [5.41, 5.74) is 4.07. The van der Waals surface area contributed by atoms with Crippen molar-refractivity contribution < 1.29 is 22.2 Å². The van der Waals surface area contributed by atoms with E-state index in [1.165, 1.54) is 13.8 Å². The molecule has 0 radical (unpaired) electrons. The van der Waals surface area contributed by atoms with Crippen molar-refractivity contribution >= 4 is 32.8 Å². The lowest BCUT2D eigenvalue weighted by molar-refractivity contribution is -0.659. The SMILES string of the molecule is Cc1ccc2c(n1)oc1c(-c3c4ccc(CC(C)(C)C(F)(F)F)cc4cc[n+]3C)c(C)ccc12. The summed E-state index contributed by atoms with van der Waals surface area (Å²) in [5, 5.41) is 3.80. The smallest absolute Gasteiger partial charge is 0.394 e. The van der Waals surface area contributed by atoms with Crippen LogP contribution in [0.3, 0.4) is 0 Å². The molecule has 0 saturated heterocycles. The second-order valence-electron chi connectivity index (χ2n) is 9.80. The van der Waals surface area contributed by atoms with E-state index in [1.807, 2.05) is 62.0 Å². The number of pyridine rings is 2. The lowest BCUT2D eigenvalue weighted by Gasteiger charge is -2.27. The highest BCUT2D eigenvalue weighted by Gasteiger charge is 2.47. The lowest BCUT2D eigenvalue weighted by atomic mass is 9.84. The Morgan fingerprint density at radius 3 is 2.35 bits per heavy atom. The van der Waals surface area contributed by atoms with Gasteiger partial charge in [-0.05, 0) is 55.0 Å². The van der Waals surface area contributed by atoms with Gasteiger partial charge in [-0.2, -0.15) is 13.2 Å². The van der Waals surface area contributed by atoms with Gasteiger partial charge < -0.3 is 4.42 Å². The van der Waals surface area contributed by atoms with Crippen molar-refractivity contribution in [3.05, 3.63) is 71.5 Å². The van der Waals surface area contributed by atoms with Gasteiger partial charge in [-0.25, -0.2) is 9.55 Å². The monoisotopic (exact) mass is 463 g/mol. The van der Waals surface area contributed by atoms with Crippen LogP contribution in [0.25, 0.3) is 44.1 Å². The number of halogens is 3. The van der Waals surface area contributed by atoms with E-state index in [9.17, 15) is 13.2 Å². The molecule has 0 amide bonds. The van der Waals surface area contributed by atoms with E-state index in [2.05, 4.69) is 17.1 Å². The minimum Gasteiger partial charge on any atom is -0.437 e.